The van der Waals surface area contributed by atoms with E-state index >= 15 is 0 Å². The first-order valence-corrected chi connectivity index (χ1v) is 9.95. The monoisotopic (exact) mass is 320 g/mol. The summed E-state index contributed by atoms with van der Waals surface area (Å²) in [6.07, 6.45) is 5.89. The van der Waals surface area contributed by atoms with E-state index in [1.54, 1.807) is 0 Å². The molecule has 0 amide bonds. The lowest BCUT2D eigenvalue weighted by Gasteiger charge is -2.60. The van der Waals surface area contributed by atoms with Crippen LogP contribution in [0.3, 0.4) is 0 Å². The third-order valence-corrected chi connectivity index (χ3v) is 7.28. The van der Waals surface area contributed by atoms with E-state index in [0.29, 0.717) is 5.41 Å². The lowest BCUT2D eigenvalue weighted by atomic mass is 9.66. The van der Waals surface area contributed by atoms with E-state index in [2.05, 4.69) is 40.5 Å². The molecule has 4 rings (SSSR count). The van der Waals surface area contributed by atoms with Gasteiger partial charge in [-0.2, -0.15) is 0 Å². The van der Waals surface area contributed by atoms with Gasteiger partial charge in [-0.15, -0.1) is 0 Å². The first-order chi connectivity index (χ1) is 11.0. The molecule has 4 aliphatic rings. The lowest BCUT2D eigenvalue weighted by Crippen LogP contribution is -2.70. The van der Waals surface area contributed by atoms with Crippen LogP contribution in [0.5, 0.6) is 0 Å². The van der Waals surface area contributed by atoms with Gasteiger partial charge >= 0.3 is 0 Å². The summed E-state index contributed by atoms with van der Waals surface area (Å²) in [6.45, 7) is 15.2. The van der Waals surface area contributed by atoms with Gasteiger partial charge in [0.2, 0.25) is 0 Å². The maximum absolute atomic E-state index is 2.79. The van der Waals surface area contributed by atoms with E-state index in [1.165, 1.54) is 78.0 Å². The molecular formula is C19H36N4. The molecule has 0 N–H and O–H groups in total. The second-order valence-electron chi connectivity index (χ2n) is 9.18. The highest BCUT2D eigenvalue weighted by Gasteiger charge is 2.49. The summed E-state index contributed by atoms with van der Waals surface area (Å²) in [5, 5.41) is 0. The predicted octanol–water partition coefficient (Wildman–Crippen LogP) is 1.57. The Hall–Kier alpha value is -0.160. The number of rotatable bonds is 3. The Morgan fingerprint density at radius 3 is 2.00 bits per heavy atom. The Morgan fingerprint density at radius 2 is 1.43 bits per heavy atom. The molecule has 1 aliphatic carbocycles. The Morgan fingerprint density at radius 1 is 0.826 bits per heavy atom. The van der Waals surface area contributed by atoms with Gasteiger partial charge in [-0.05, 0) is 52.0 Å². The fraction of sp³-hybridized carbons (Fsp3) is 1.00. The molecule has 4 fully saturated rings. The van der Waals surface area contributed by atoms with E-state index in [4.69, 9.17) is 0 Å². The van der Waals surface area contributed by atoms with Crippen LogP contribution < -0.4 is 0 Å². The zero-order valence-corrected chi connectivity index (χ0v) is 15.5. The molecule has 3 aliphatic heterocycles. The minimum atomic E-state index is 0.710. The predicted molar refractivity (Wildman–Crippen MR) is 95.8 cm³/mol. The molecule has 0 radical (unpaired) electrons. The molecular weight excluding hydrogens is 284 g/mol. The van der Waals surface area contributed by atoms with Crippen molar-refractivity contribution in [3.05, 3.63) is 0 Å². The minimum Gasteiger partial charge on any atom is -0.304 e. The minimum absolute atomic E-state index is 0.710. The second kappa shape index (κ2) is 6.29. The summed E-state index contributed by atoms with van der Waals surface area (Å²) >= 11 is 0. The Balaban J connectivity index is 1.19. The molecule has 1 saturated carbocycles. The van der Waals surface area contributed by atoms with Gasteiger partial charge < -0.3 is 4.90 Å². The Kier molecular flexibility index (Phi) is 4.46. The maximum atomic E-state index is 2.79. The normalized spacial score (nSPS) is 32.3. The standard InChI is InChI=1S/C19H36N4/c1-16(2)22-12-18(13-22)23-14-19(15-23)6-4-17(5-7-19)21-10-8-20(3)9-11-21/h16-18H,4-15H2,1-3H3. The van der Waals surface area contributed by atoms with Gasteiger partial charge in [0.05, 0.1) is 0 Å². The van der Waals surface area contributed by atoms with Crippen LogP contribution in [0, 0.1) is 5.41 Å². The van der Waals surface area contributed by atoms with Crippen LogP contribution in [-0.2, 0) is 0 Å². The summed E-state index contributed by atoms with van der Waals surface area (Å²) in [5.41, 5.74) is 0.710. The van der Waals surface area contributed by atoms with Crippen molar-refractivity contribution >= 4 is 0 Å². The highest BCUT2D eigenvalue weighted by molar-refractivity contribution is 5.04. The first kappa shape index (κ1) is 16.3. The van der Waals surface area contributed by atoms with E-state index in [1.807, 2.05) is 0 Å². The molecule has 1 spiro atoms. The number of piperazine rings is 1. The highest BCUT2D eigenvalue weighted by Crippen LogP contribution is 2.46. The fourth-order valence-corrected chi connectivity index (χ4v) is 5.30. The quantitative estimate of drug-likeness (QED) is 0.782. The van der Waals surface area contributed by atoms with Gasteiger partial charge in [-0.3, -0.25) is 14.7 Å². The molecule has 4 heteroatoms. The van der Waals surface area contributed by atoms with Crippen LogP contribution in [0.1, 0.15) is 39.5 Å². The van der Waals surface area contributed by atoms with Crippen LogP contribution in [-0.4, -0.2) is 97.1 Å². The van der Waals surface area contributed by atoms with E-state index in [-0.39, 0.29) is 0 Å². The molecule has 0 unspecified atom stereocenters. The van der Waals surface area contributed by atoms with Crippen molar-refractivity contribution in [2.75, 3.05) is 59.4 Å². The maximum Gasteiger partial charge on any atom is 0.0351 e. The van der Waals surface area contributed by atoms with Crippen molar-refractivity contribution < 1.29 is 0 Å². The number of hydrogen-bond acceptors (Lipinski definition) is 4. The number of likely N-dealkylation sites (tertiary alicyclic amines) is 2. The van der Waals surface area contributed by atoms with Crippen molar-refractivity contribution in [2.24, 2.45) is 5.41 Å². The Bertz CT molecular complexity index is 394. The molecule has 0 aromatic carbocycles. The SMILES string of the molecule is CC(C)N1CC(N2CC3(CCC(N4CCN(C)CC4)CC3)C2)C1. The zero-order valence-electron chi connectivity index (χ0n) is 15.5. The number of hydrogen-bond donors (Lipinski definition) is 0. The topological polar surface area (TPSA) is 13.0 Å². The van der Waals surface area contributed by atoms with Gasteiger partial charge in [0.25, 0.3) is 0 Å². The molecule has 0 aromatic rings. The zero-order chi connectivity index (χ0) is 16.0. The van der Waals surface area contributed by atoms with Crippen molar-refractivity contribution in [1.29, 1.82) is 0 Å². The smallest absolute Gasteiger partial charge is 0.0351 e. The number of nitrogens with zero attached hydrogens (tertiary/aromatic N) is 4. The van der Waals surface area contributed by atoms with Crippen molar-refractivity contribution in [3.8, 4) is 0 Å². The van der Waals surface area contributed by atoms with Gasteiger partial charge in [0.1, 0.15) is 0 Å². The third kappa shape index (κ3) is 3.20. The first-order valence-electron chi connectivity index (χ1n) is 9.95. The molecule has 3 heterocycles. The van der Waals surface area contributed by atoms with Crippen molar-refractivity contribution in [2.45, 2.75) is 57.7 Å². The summed E-state index contributed by atoms with van der Waals surface area (Å²) < 4.78 is 0. The van der Waals surface area contributed by atoms with Crippen molar-refractivity contribution in [3.63, 3.8) is 0 Å². The van der Waals surface area contributed by atoms with E-state index in [0.717, 1.165) is 18.1 Å². The van der Waals surface area contributed by atoms with Gasteiger partial charge in [0, 0.05) is 70.5 Å². The van der Waals surface area contributed by atoms with E-state index < -0.39 is 0 Å². The van der Waals surface area contributed by atoms with Crippen LogP contribution in [0.2, 0.25) is 0 Å². The molecule has 132 valence electrons. The molecule has 0 bridgehead atoms. The Labute approximate surface area is 142 Å². The largest absolute Gasteiger partial charge is 0.304 e. The molecule has 23 heavy (non-hydrogen) atoms. The summed E-state index contributed by atoms with van der Waals surface area (Å²) in [6, 6.07) is 2.50. The summed E-state index contributed by atoms with van der Waals surface area (Å²) in [5.74, 6) is 0. The third-order valence-electron chi connectivity index (χ3n) is 7.28. The average Bonchev–Trinajstić information content (AvgIpc) is 2.45. The molecule has 0 aromatic heterocycles. The van der Waals surface area contributed by atoms with E-state index in [9.17, 15) is 0 Å². The average molecular weight is 321 g/mol. The van der Waals surface area contributed by atoms with Crippen LogP contribution in [0.15, 0.2) is 0 Å². The number of likely N-dealkylation sites (N-methyl/N-ethyl adjacent to an activating group) is 1. The van der Waals surface area contributed by atoms with Crippen LogP contribution >= 0.6 is 0 Å². The lowest BCUT2D eigenvalue weighted by molar-refractivity contribution is -0.109. The molecule has 4 nitrogen and oxygen atoms in total. The van der Waals surface area contributed by atoms with Crippen LogP contribution in [0.25, 0.3) is 0 Å². The van der Waals surface area contributed by atoms with Gasteiger partial charge in [-0.1, -0.05) is 0 Å². The summed E-state index contributed by atoms with van der Waals surface area (Å²) in [4.78, 5) is 10.7. The van der Waals surface area contributed by atoms with Crippen LogP contribution in [0.4, 0.5) is 0 Å². The summed E-state index contributed by atoms with van der Waals surface area (Å²) in [7, 11) is 2.26. The second-order valence-corrected chi connectivity index (χ2v) is 9.18. The van der Waals surface area contributed by atoms with Crippen molar-refractivity contribution in [1.82, 2.24) is 19.6 Å². The fourth-order valence-electron chi connectivity index (χ4n) is 5.30. The van der Waals surface area contributed by atoms with Gasteiger partial charge in [0.15, 0.2) is 0 Å². The highest BCUT2D eigenvalue weighted by atomic mass is 15.4. The van der Waals surface area contributed by atoms with Gasteiger partial charge in [-0.25, -0.2) is 0 Å². The molecule has 0 atom stereocenters. The molecule has 3 saturated heterocycles.